The number of carbonyl (C=O) groups excluding carboxylic acids is 2. The largest absolute Gasteiger partial charge is 0.481 e. The third-order valence-electron chi connectivity index (χ3n) is 4.86. The summed E-state index contributed by atoms with van der Waals surface area (Å²) in [5, 5.41) is 11.9. The van der Waals surface area contributed by atoms with Gasteiger partial charge in [0.05, 0.1) is 5.92 Å². The third kappa shape index (κ3) is 5.58. The third-order valence-corrected chi connectivity index (χ3v) is 4.86. The molecular weight excluding hydrogens is 332 g/mol. The number of hydrogen-bond donors (Lipinski definition) is 2. The Bertz CT molecular complexity index is 634. The number of likely N-dealkylation sites (tertiary alicyclic amines) is 1. The van der Waals surface area contributed by atoms with E-state index in [1.807, 2.05) is 0 Å². The number of aliphatic carboxylic acids is 1. The Morgan fingerprint density at radius 1 is 1.19 bits per heavy atom. The van der Waals surface area contributed by atoms with Crippen LogP contribution in [0.15, 0.2) is 24.3 Å². The fraction of sp³-hybridized carbons (Fsp3) is 0.550. The summed E-state index contributed by atoms with van der Waals surface area (Å²) in [6, 6.07) is 6.88. The van der Waals surface area contributed by atoms with Gasteiger partial charge in [-0.15, -0.1) is 0 Å². The summed E-state index contributed by atoms with van der Waals surface area (Å²) in [4.78, 5) is 37.2. The molecule has 2 rings (SSSR count). The van der Waals surface area contributed by atoms with Crippen molar-refractivity contribution in [3.63, 3.8) is 0 Å². The van der Waals surface area contributed by atoms with Crippen molar-refractivity contribution >= 4 is 23.5 Å². The summed E-state index contributed by atoms with van der Waals surface area (Å²) in [5.41, 5.74) is 1.23. The van der Waals surface area contributed by atoms with Crippen LogP contribution in [0, 0.1) is 11.8 Å². The fourth-order valence-electron chi connectivity index (χ4n) is 3.33. The number of benzene rings is 1. The second kappa shape index (κ2) is 9.36. The maximum Gasteiger partial charge on any atom is 0.306 e. The number of nitrogens with zero attached hydrogens (tertiary/aromatic N) is 1. The molecule has 1 aromatic rings. The van der Waals surface area contributed by atoms with E-state index in [-0.39, 0.29) is 17.7 Å². The van der Waals surface area contributed by atoms with E-state index < -0.39 is 5.97 Å². The zero-order valence-corrected chi connectivity index (χ0v) is 15.5. The Kier molecular flexibility index (Phi) is 7.18. The lowest BCUT2D eigenvalue weighted by molar-refractivity contribution is -0.143. The van der Waals surface area contributed by atoms with E-state index in [4.69, 9.17) is 5.11 Å². The maximum absolute atomic E-state index is 12.5. The van der Waals surface area contributed by atoms with Gasteiger partial charge in [0.1, 0.15) is 0 Å². The molecule has 142 valence electrons. The Hall–Kier alpha value is -2.37. The first-order chi connectivity index (χ1) is 12.4. The Morgan fingerprint density at radius 2 is 1.81 bits per heavy atom. The molecule has 0 bridgehead atoms. The van der Waals surface area contributed by atoms with Crippen molar-refractivity contribution in [2.45, 2.75) is 46.0 Å². The van der Waals surface area contributed by atoms with Crippen LogP contribution in [0.2, 0.25) is 0 Å². The molecule has 6 heteroatoms. The number of carbonyl (C=O) groups is 3. The van der Waals surface area contributed by atoms with Crippen molar-refractivity contribution in [2.75, 3.05) is 18.4 Å². The number of rotatable bonds is 7. The minimum absolute atomic E-state index is 0.0132. The highest BCUT2D eigenvalue weighted by molar-refractivity contribution is 5.96. The molecule has 1 heterocycles. The van der Waals surface area contributed by atoms with Crippen molar-refractivity contribution < 1.29 is 19.5 Å². The second-order valence-corrected chi connectivity index (χ2v) is 7.13. The van der Waals surface area contributed by atoms with Crippen molar-refractivity contribution in [2.24, 2.45) is 11.8 Å². The first-order valence-corrected chi connectivity index (χ1v) is 9.32. The molecule has 0 spiro atoms. The number of nitrogens with one attached hydrogen (secondary N) is 1. The number of amides is 2. The smallest absolute Gasteiger partial charge is 0.306 e. The van der Waals surface area contributed by atoms with Gasteiger partial charge in [0.2, 0.25) is 5.91 Å². The van der Waals surface area contributed by atoms with Gasteiger partial charge in [-0.3, -0.25) is 14.4 Å². The molecule has 1 unspecified atom stereocenters. The molecule has 1 aliphatic heterocycles. The van der Waals surface area contributed by atoms with Gasteiger partial charge in [0.25, 0.3) is 5.91 Å². The molecule has 1 aromatic carbocycles. The molecule has 0 saturated carbocycles. The van der Waals surface area contributed by atoms with Crippen LogP contribution in [0.25, 0.3) is 0 Å². The van der Waals surface area contributed by atoms with Gasteiger partial charge in [-0.1, -0.05) is 26.7 Å². The molecule has 26 heavy (non-hydrogen) atoms. The normalized spacial score (nSPS) is 16.2. The van der Waals surface area contributed by atoms with Crippen LogP contribution in [0.3, 0.4) is 0 Å². The van der Waals surface area contributed by atoms with Crippen LogP contribution in [0.4, 0.5) is 5.69 Å². The van der Waals surface area contributed by atoms with Gasteiger partial charge < -0.3 is 15.3 Å². The Morgan fingerprint density at radius 3 is 2.35 bits per heavy atom. The van der Waals surface area contributed by atoms with Crippen LogP contribution >= 0.6 is 0 Å². The average molecular weight is 360 g/mol. The first kappa shape index (κ1) is 19.9. The highest BCUT2D eigenvalue weighted by atomic mass is 16.4. The fourth-order valence-corrected chi connectivity index (χ4v) is 3.33. The van der Waals surface area contributed by atoms with Crippen LogP contribution in [0.1, 0.15) is 56.3 Å². The van der Waals surface area contributed by atoms with E-state index in [1.165, 1.54) is 0 Å². The maximum atomic E-state index is 12.5. The van der Waals surface area contributed by atoms with Crippen LogP contribution in [0.5, 0.6) is 0 Å². The van der Waals surface area contributed by atoms with Crippen molar-refractivity contribution in [1.82, 2.24) is 4.90 Å². The van der Waals surface area contributed by atoms with Crippen molar-refractivity contribution in [3.8, 4) is 0 Å². The zero-order chi connectivity index (χ0) is 19.1. The molecule has 6 nitrogen and oxygen atoms in total. The molecule has 0 radical (unpaired) electrons. The molecule has 1 aliphatic rings. The summed E-state index contributed by atoms with van der Waals surface area (Å²) < 4.78 is 0. The monoisotopic (exact) mass is 360 g/mol. The molecule has 2 amide bonds. The van der Waals surface area contributed by atoms with Gasteiger partial charge in [0, 0.05) is 30.8 Å². The van der Waals surface area contributed by atoms with Crippen molar-refractivity contribution in [1.29, 1.82) is 0 Å². The highest BCUT2D eigenvalue weighted by Gasteiger charge is 2.27. The van der Waals surface area contributed by atoms with Crippen LogP contribution < -0.4 is 5.32 Å². The van der Waals surface area contributed by atoms with Gasteiger partial charge in [-0.2, -0.15) is 0 Å². The minimum Gasteiger partial charge on any atom is -0.481 e. The zero-order valence-electron chi connectivity index (χ0n) is 15.5. The van der Waals surface area contributed by atoms with Gasteiger partial charge >= 0.3 is 5.97 Å². The second-order valence-electron chi connectivity index (χ2n) is 7.13. The predicted molar refractivity (Wildman–Crippen MR) is 100 cm³/mol. The number of carboxylic acid groups (broad SMARTS) is 1. The van der Waals surface area contributed by atoms with Gasteiger partial charge in [-0.25, -0.2) is 0 Å². The van der Waals surface area contributed by atoms with E-state index in [1.54, 1.807) is 29.2 Å². The number of piperidine rings is 1. The minimum atomic E-state index is -0.787. The first-order valence-electron chi connectivity index (χ1n) is 9.32. The molecule has 1 fully saturated rings. The predicted octanol–water partition coefficient (Wildman–Crippen LogP) is 3.39. The number of hydrogen-bond acceptors (Lipinski definition) is 3. The summed E-state index contributed by atoms with van der Waals surface area (Å²) >= 11 is 0. The lowest BCUT2D eigenvalue weighted by Crippen LogP contribution is -2.40. The van der Waals surface area contributed by atoms with E-state index in [2.05, 4.69) is 19.2 Å². The van der Waals surface area contributed by atoms with Crippen LogP contribution in [-0.2, 0) is 9.59 Å². The topological polar surface area (TPSA) is 86.7 Å². The summed E-state index contributed by atoms with van der Waals surface area (Å²) in [6.45, 7) is 5.10. The number of anilines is 1. The van der Waals surface area contributed by atoms with Crippen molar-refractivity contribution in [3.05, 3.63) is 29.8 Å². The highest BCUT2D eigenvalue weighted by Crippen LogP contribution is 2.20. The number of carboxylic acids is 1. The average Bonchev–Trinajstić information content (AvgIpc) is 2.62. The standard InChI is InChI=1S/C20H28N2O4/c1-3-4-14(2)13-18(23)21-17-7-5-15(6-8-17)19(24)22-11-9-16(10-12-22)20(25)26/h5-8,14,16H,3-4,9-13H2,1-2H3,(H,21,23)(H,25,26). The lowest BCUT2D eigenvalue weighted by atomic mass is 9.96. The van der Waals surface area contributed by atoms with E-state index in [0.717, 1.165) is 12.8 Å². The quantitative estimate of drug-likeness (QED) is 0.780. The molecule has 0 aromatic heterocycles. The van der Waals surface area contributed by atoms with Gasteiger partial charge in [-0.05, 0) is 43.0 Å². The SMILES string of the molecule is CCCC(C)CC(=O)Nc1ccc(C(=O)N2CCC(C(=O)O)CC2)cc1. The Balaban J connectivity index is 1.87. The molecular formula is C20H28N2O4. The summed E-state index contributed by atoms with van der Waals surface area (Å²) in [6.07, 6.45) is 3.57. The molecule has 1 saturated heterocycles. The summed E-state index contributed by atoms with van der Waals surface area (Å²) in [5.74, 6) is -0.893. The molecule has 0 aliphatic carbocycles. The van der Waals surface area contributed by atoms with E-state index in [9.17, 15) is 14.4 Å². The molecule has 1 atom stereocenters. The van der Waals surface area contributed by atoms with Gasteiger partial charge in [0.15, 0.2) is 0 Å². The van der Waals surface area contributed by atoms with Crippen LogP contribution in [-0.4, -0.2) is 40.9 Å². The Labute approximate surface area is 154 Å². The van der Waals surface area contributed by atoms with E-state index in [0.29, 0.717) is 49.5 Å². The lowest BCUT2D eigenvalue weighted by Gasteiger charge is -2.30. The van der Waals surface area contributed by atoms with E-state index >= 15 is 0 Å². The summed E-state index contributed by atoms with van der Waals surface area (Å²) in [7, 11) is 0. The molecule has 2 N–H and O–H groups in total.